The number of para-hydroxylation sites is 4. The molecular formula is C30H26N6. The number of H-pyrrole nitrogens is 2. The summed E-state index contributed by atoms with van der Waals surface area (Å²) in [6, 6.07) is 29.5. The molecule has 3 aromatic carbocycles. The maximum absolute atomic E-state index is 4.89. The van der Waals surface area contributed by atoms with E-state index >= 15 is 0 Å². The Morgan fingerprint density at radius 2 is 1.53 bits per heavy atom. The maximum Gasteiger partial charge on any atom is 0.138 e. The van der Waals surface area contributed by atoms with Crippen LogP contribution in [0.2, 0.25) is 0 Å². The standard InChI is InChI=1S/C30H26N6/c1-2-10-24-23(9-1)32-28(33-24)19-36(27-13-5-7-20-8-6-18-31-29(20)27)22-16-14-21(15-17-22)30-34-25-11-3-4-12-26(25)35-30/h1-4,6,8-12,14-18,27H,5,7,13,19H2,(H,32,33)(H,34,35). The van der Waals surface area contributed by atoms with Gasteiger partial charge in [0, 0.05) is 17.4 Å². The molecule has 6 nitrogen and oxygen atoms in total. The molecule has 6 aromatic rings. The zero-order valence-corrected chi connectivity index (χ0v) is 19.9. The van der Waals surface area contributed by atoms with Gasteiger partial charge in [-0.1, -0.05) is 30.3 Å². The Bertz CT molecular complexity index is 1600. The van der Waals surface area contributed by atoms with Crippen LogP contribution in [0.1, 0.15) is 36.0 Å². The van der Waals surface area contributed by atoms with Crippen LogP contribution >= 0.6 is 0 Å². The minimum absolute atomic E-state index is 0.195. The monoisotopic (exact) mass is 470 g/mol. The van der Waals surface area contributed by atoms with Crippen molar-refractivity contribution in [2.75, 3.05) is 4.90 Å². The third-order valence-electron chi connectivity index (χ3n) is 7.16. The van der Waals surface area contributed by atoms with Gasteiger partial charge in [0.05, 0.1) is 40.3 Å². The molecule has 1 atom stereocenters. The molecule has 0 aliphatic heterocycles. The molecule has 0 fully saturated rings. The third-order valence-corrected chi connectivity index (χ3v) is 7.16. The molecule has 0 bridgehead atoms. The molecule has 1 unspecified atom stereocenters. The molecule has 1 aliphatic carbocycles. The number of aromatic nitrogens is 5. The van der Waals surface area contributed by atoms with Gasteiger partial charge in [0.1, 0.15) is 11.6 Å². The van der Waals surface area contributed by atoms with Gasteiger partial charge in [-0.15, -0.1) is 0 Å². The van der Waals surface area contributed by atoms with Gasteiger partial charge in [-0.2, -0.15) is 0 Å². The van der Waals surface area contributed by atoms with Crippen LogP contribution in [0.4, 0.5) is 5.69 Å². The van der Waals surface area contributed by atoms with Gasteiger partial charge in [-0.05, 0) is 79.4 Å². The Balaban J connectivity index is 1.27. The van der Waals surface area contributed by atoms with Crippen molar-refractivity contribution in [2.24, 2.45) is 0 Å². The van der Waals surface area contributed by atoms with Crippen LogP contribution in [0, 0.1) is 0 Å². The van der Waals surface area contributed by atoms with E-state index in [2.05, 4.69) is 63.4 Å². The fraction of sp³-hybridized carbons (Fsp3) is 0.167. The van der Waals surface area contributed by atoms with Gasteiger partial charge in [-0.25, -0.2) is 9.97 Å². The highest BCUT2D eigenvalue weighted by molar-refractivity contribution is 5.79. The van der Waals surface area contributed by atoms with Crippen molar-refractivity contribution in [1.29, 1.82) is 0 Å². The number of anilines is 1. The van der Waals surface area contributed by atoms with Crippen molar-refractivity contribution < 1.29 is 0 Å². The van der Waals surface area contributed by atoms with Gasteiger partial charge in [0.25, 0.3) is 0 Å². The zero-order chi connectivity index (χ0) is 23.9. The fourth-order valence-corrected chi connectivity index (χ4v) is 5.41. The van der Waals surface area contributed by atoms with Gasteiger partial charge in [0.2, 0.25) is 0 Å². The lowest BCUT2D eigenvalue weighted by atomic mass is 9.90. The van der Waals surface area contributed by atoms with E-state index < -0.39 is 0 Å². The third kappa shape index (κ3) is 3.71. The highest BCUT2D eigenvalue weighted by Crippen LogP contribution is 2.37. The first-order valence-electron chi connectivity index (χ1n) is 12.5. The molecule has 176 valence electrons. The van der Waals surface area contributed by atoms with Crippen LogP contribution in [-0.2, 0) is 13.0 Å². The average molecular weight is 471 g/mol. The smallest absolute Gasteiger partial charge is 0.138 e. The van der Waals surface area contributed by atoms with E-state index in [4.69, 9.17) is 15.0 Å². The summed E-state index contributed by atoms with van der Waals surface area (Å²) in [6.45, 7) is 0.680. The molecule has 0 saturated carbocycles. The average Bonchev–Trinajstić information content (AvgIpc) is 3.55. The molecule has 2 N–H and O–H groups in total. The summed E-state index contributed by atoms with van der Waals surface area (Å²) >= 11 is 0. The topological polar surface area (TPSA) is 73.5 Å². The molecule has 0 spiro atoms. The number of nitrogens with zero attached hydrogens (tertiary/aromatic N) is 4. The Morgan fingerprint density at radius 1 is 0.778 bits per heavy atom. The second kappa shape index (κ2) is 8.64. The van der Waals surface area contributed by atoms with Crippen LogP contribution in [-0.4, -0.2) is 24.9 Å². The molecule has 0 radical (unpaired) electrons. The van der Waals surface area contributed by atoms with E-state index in [0.717, 1.165) is 64.2 Å². The second-order valence-corrected chi connectivity index (χ2v) is 9.43. The minimum atomic E-state index is 0.195. The van der Waals surface area contributed by atoms with E-state index in [9.17, 15) is 0 Å². The fourth-order valence-electron chi connectivity index (χ4n) is 5.41. The molecule has 3 aromatic heterocycles. The Hall–Kier alpha value is -4.45. The van der Waals surface area contributed by atoms with Crippen molar-refractivity contribution >= 4 is 27.8 Å². The normalized spacial score (nSPS) is 15.3. The first-order chi connectivity index (χ1) is 17.8. The van der Waals surface area contributed by atoms with Crippen LogP contribution < -0.4 is 4.90 Å². The van der Waals surface area contributed by atoms with E-state index in [1.807, 2.05) is 42.6 Å². The maximum atomic E-state index is 4.89. The number of pyridine rings is 1. The summed E-state index contributed by atoms with van der Waals surface area (Å²) in [5.41, 5.74) is 8.84. The van der Waals surface area contributed by atoms with Crippen molar-refractivity contribution in [2.45, 2.75) is 31.8 Å². The highest BCUT2D eigenvalue weighted by Gasteiger charge is 2.28. The van der Waals surface area contributed by atoms with Crippen LogP contribution in [0.5, 0.6) is 0 Å². The number of aromatic amines is 2. The predicted molar refractivity (Wildman–Crippen MR) is 144 cm³/mol. The molecular weight excluding hydrogens is 444 g/mol. The van der Waals surface area contributed by atoms with Gasteiger partial charge < -0.3 is 14.9 Å². The first-order valence-corrected chi connectivity index (χ1v) is 12.5. The number of fused-ring (bicyclic) bond motifs is 3. The van der Waals surface area contributed by atoms with E-state index in [-0.39, 0.29) is 6.04 Å². The summed E-state index contributed by atoms with van der Waals surface area (Å²) in [5, 5.41) is 0. The molecule has 36 heavy (non-hydrogen) atoms. The van der Waals surface area contributed by atoms with Crippen molar-refractivity contribution in [3.8, 4) is 11.4 Å². The Morgan fingerprint density at radius 3 is 2.31 bits per heavy atom. The van der Waals surface area contributed by atoms with Crippen LogP contribution in [0.15, 0.2) is 91.1 Å². The predicted octanol–water partition coefficient (Wildman–Crippen LogP) is 6.59. The molecule has 7 rings (SSSR count). The summed E-state index contributed by atoms with van der Waals surface area (Å²) in [6.07, 6.45) is 5.22. The number of imidazole rings is 2. The number of benzene rings is 3. The molecule has 3 heterocycles. The summed E-state index contributed by atoms with van der Waals surface area (Å²) in [7, 11) is 0. The summed E-state index contributed by atoms with van der Waals surface area (Å²) in [5.74, 6) is 1.84. The number of aryl methyl sites for hydroxylation is 1. The summed E-state index contributed by atoms with van der Waals surface area (Å²) in [4.78, 5) is 23.9. The lowest BCUT2D eigenvalue weighted by Crippen LogP contribution is -2.32. The second-order valence-electron chi connectivity index (χ2n) is 9.43. The zero-order valence-electron chi connectivity index (χ0n) is 19.9. The molecule has 1 aliphatic rings. The van der Waals surface area contributed by atoms with E-state index in [1.54, 1.807) is 0 Å². The summed E-state index contributed by atoms with van der Waals surface area (Å²) < 4.78 is 0. The van der Waals surface area contributed by atoms with Gasteiger partial charge >= 0.3 is 0 Å². The van der Waals surface area contributed by atoms with Crippen molar-refractivity contribution in [3.05, 3.63) is 108 Å². The number of hydrogen-bond donors (Lipinski definition) is 2. The minimum Gasteiger partial charge on any atom is -0.355 e. The van der Waals surface area contributed by atoms with E-state index in [1.165, 1.54) is 11.3 Å². The largest absolute Gasteiger partial charge is 0.355 e. The Kier molecular flexibility index (Phi) is 5.01. The SMILES string of the molecule is c1cnc2c(c1)CCCC2N(Cc1nc2ccccc2[nH]1)c1ccc(-c2nc3ccccc3[nH]2)cc1. The molecule has 6 heteroatoms. The first kappa shape index (κ1) is 20.9. The van der Waals surface area contributed by atoms with Crippen molar-refractivity contribution in [3.63, 3.8) is 0 Å². The van der Waals surface area contributed by atoms with Crippen LogP contribution in [0.3, 0.4) is 0 Å². The lowest BCUT2D eigenvalue weighted by molar-refractivity contribution is 0.501. The van der Waals surface area contributed by atoms with Crippen molar-refractivity contribution in [1.82, 2.24) is 24.9 Å². The van der Waals surface area contributed by atoms with Gasteiger partial charge in [0.15, 0.2) is 0 Å². The van der Waals surface area contributed by atoms with Crippen LogP contribution in [0.25, 0.3) is 33.5 Å². The van der Waals surface area contributed by atoms with Gasteiger partial charge in [-0.3, -0.25) is 4.98 Å². The number of rotatable bonds is 5. The Labute approximate surface area is 209 Å². The molecule has 0 saturated heterocycles. The highest BCUT2D eigenvalue weighted by atomic mass is 15.2. The molecule has 0 amide bonds. The lowest BCUT2D eigenvalue weighted by Gasteiger charge is -2.36. The number of nitrogens with one attached hydrogen (secondary N) is 2. The number of hydrogen-bond acceptors (Lipinski definition) is 4. The van der Waals surface area contributed by atoms with E-state index in [0.29, 0.717) is 6.54 Å². The quantitative estimate of drug-likeness (QED) is 0.298.